The Kier molecular flexibility index (Phi) is 6.04. The maximum atomic E-state index is 11.8. The van der Waals surface area contributed by atoms with Gasteiger partial charge in [-0.15, -0.1) is 0 Å². The number of carbonyl (C=O) groups excluding carboxylic acids is 1. The van der Waals surface area contributed by atoms with Gasteiger partial charge in [0.25, 0.3) is 0 Å². The predicted octanol–water partition coefficient (Wildman–Crippen LogP) is 5.34. The fourth-order valence-electron chi connectivity index (χ4n) is 2.79. The Morgan fingerprint density at radius 2 is 1.75 bits per heavy atom. The van der Waals surface area contributed by atoms with E-state index in [1.54, 1.807) is 0 Å². The molecule has 1 heteroatoms. The van der Waals surface area contributed by atoms with Gasteiger partial charge in [0.15, 0.2) is 5.78 Å². The summed E-state index contributed by atoms with van der Waals surface area (Å²) >= 11 is 0. The van der Waals surface area contributed by atoms with Crippen molar-refractivity contribution in [3.8, 4) is 0 Å². The first-order valence-electron chi connectivity index (χ1n) is 8.12. The maximum absolute atomic E-state index is 11.8. The van der Waals surface area contributed by atoms with Crippen molar-refractivity contribution in [3.05, 3.63) is 41.0 Å². The summed E-state index contributed by atoms with van der Waals surface area (Å²) in [5.41, 5.74) is 3.61. The lowest BCUT2D eigenvalue weighted by molar-refractivity contribution is -0.116. The predicted molar refractivity (Wildman–Crippen MR) is 85.7 cm³/mol. The van der Waals surface area contributed by atoms with Crippen molar-refractivity contribution in [1.82, 2.24) is 0 Å². The van der Waals surface area contributed by atoms with Crippen molar-refractivity contribution >= 4 is 11.9 Å². The molecule has 108 valence electrons. The molecule has 0 amide bonds. The summed E-state index contributed by atoms with van der Waals surface area (Å²) < 4.78 is 0. The molecule has 1 aromatic rings. The molecule has 2 rings (SSSR count). The average Bonchev–Trinajstić information content (AvgIpc) is 2.48. The second kappa shape index (κ2) is 8.04. The van der Waals surface area contributed by atoms with E-state index in [4.69, 9.17) is 0 Å². The minimum atomic E-state index is 0.347. The summed E-state index contributed by atoms with van der Waals surface area (Å²) in [5.74, 6) is 0.347. The summed E-state index contributed by atoms with van der Waals surface area (Å²) in [7, 11) is 0. The van der Waals surface area contributed by atoms with Gasteiger partial charge >= 0.3 is 0 Å². The second-order valence-corrected chi connectivity index (χ2v) is 5.85. The molecule has 1 aliphatic rings. The molecule has 0 bridgehead atoms. The quantitative estimate of drug-likeness (QED) is 0.504. The Labute approximate surface area is 123 Å². The molecule has 1 aliphatic carbocycles. The van der Waals surface area contributed by atoms with E-state index in [1.165, 1.54) is 43.2 Å². The van der Waals surface area contributed by atoms with Gasteiger partial charge in [0.2, 0.25) is 0 Å². The lowest BCUT2D eigenvalue weighted by atomic mass is 9.92. The molecular formula is C19H26O. The van der Waals surface area contributed by atoms with Gasteiger partial charge < -0.3 is 0 Å². The first-order chi connectivity index (χ1) is 9.79. The van der Waals surface area contributed by atoms with Crippen molar-refractivity contribution in [2.45, 2.75) is 64.7 Å². The Hall–Kier alpha value is -1.37. The molecule has 0 heterocycles. The van der Waals surface area contributed by atoms with Crippen LogP contribution in [0.4, 0.5) is 0 Å². The van der Waals surface area contributed by atoms with Crippen molar-refractivity contribution in [3.63, 3.8) is 0 Å². The number of rotatable bonds is 6. The van der Waals surface area contributed by atoms with Gasteiger partial charge in [0, 0.05) is 6.42 Å². The maximum Gasteiger partial charge on any atom is 0.158 e. The van der Waals surface area contributed by atoms with Crippen molar-refractivity contribution in [2.24, 2.45) is 0 Å². The summed E-state index contributed by atoms with van der Waals surface area (Å²) in [5, 5.41) is 0. The number of allylic oxidation sites excluding steroid dienone is 1. The molecule has 20 heavy (non-hydrogen) atoms. The highest BCUT2D eigenvalue weighted by Crippen LogP contribution is 2.22. The van der Waals surface area contributed by atoms with Gasteiger partial charge in [0.05, 0.1) is 0 Å². The van der Waals surface area contributed by atoms with E-state index < -0.39 is 0 Å². The Balaban J connectivity index is 1.90. The fraction of sp³-hybridized carbons (Fsp3) is 0.526. The highest BCUT2D eigenvalue weighted by Gasteiger charge is 2.14. The molecule has 0 unspecified atom stereocenters. The number of benzene rings is 1. The van der Waals surface area contributed by atoms with Crippen LogP contribution in [-0.4, -0.2) is 5.78 Å². The highest BCUT2D eigenvalue weighted by molar-refractivity contribution is 6.00. The standard InChI is InChI=1S/C19H26O/c1-2-3-4-5-8-16-11-13-17(14-12-16)15-18-9-6-7-10-19(18)20/h11-15H,2-10H2,1H3. The van der Waals surface area contributed by atoms with Gasteiger partial charge in [-0.05, 0) is 54.9 Å². The van der Waals surface area contributed by atoms with Crippen molar-refractivity contribution in [2.75, 3.05) is 0 Å². The van der Waals surface area contributed by atoms with Crippen LogP contribution in [0.2, 0.25) is 0 Å². The van der Waals surface area contributed by atoms with E-state index in [0.29, 0.717) is 5.78 Å². The molecule has 1 nitrogen and oxygen atoms in total. The summed E-state index contributed by atoms with van der Waals surface area (Å²) in [6.07, 6.45) is 12.4. The first kappa shape index (κ1) is 15.0. The first-order valence-corrected chi connectivity index (χ1v) is 8.12. The summed E-state index contributed by atoms with van der Waals surface area (Å²) in [4.78, 5) is 11.8. The molecule has 0 spiro atoms. The molecule has 0 N–H and O–H groups in total. The number of Topliss-reactive ketones (excluding diaryl/α,β-unsaturated/α-hetero) is 1. The number of ketones is 1. The summed E-state index contributed by atoms with van der Waals surface area (Å²) in [6, 6.07) is 8.74. The van der Waals surface area contributed by atoms with Crippen LogP contribution in [0, 0.1) is 0 Å². The number of hydrogen-bond donors (Lipinski definition) is 0. The zero-order valence-electron chi connectivity index (χ0n) is 12.7. The third kappa shape index (κ3) is 4.63. The van der Waals surface area contributed by atoms with Crippen molar-refractivity contribution < 1.29 is 4.79 Å². The molecular weight excluding hydrogens is 244 g/mol. The second-order valence-electron chi connectivity index (χ2n) is 5.85. The normalized spacial score (nSPS) is 17.6. The molecule has 1 fully saturated rings. The van der Waals surface area contributed by atoms with E-state index in [0.717, 1.165) is 31.3 Å². The van der Waals surface area contributed by atoms with Crippen LogP contribution >= 0.6 is 0 Å². The molecule has 0 aliphatic heterocycles. The van der Waals surface area contributed by atoms with Crippen LogP contribution in [0.15, 0.2) is 29.8 Å². The summed E-state index contributed by atoms with van der Waals surface area (Å²) in [6.45, 7) is 2.24. The average molecular weight is 270 g/mol. The number of aryl methyl sites for hydroxylation is 1. The third-order valence-corrected chi connectivity index (χ3v) is 4.10. The largest absolute Gasteiger partial charge is 0.295 e. The van der Waals surface area contributed by atoms with E-state index in [-0.39, 0.29) is 0 Å². The van der Waals surface area contributed by atoms with Crippen LogP contribution in [0.25, 0.3) is 6.08 Å². The Morgan fingerprint density at radius 1 is 1.00 bits per heavy atom. The smallest absolute Gasteiger partial charge is 0.158 e. The van der Waals surface area contributed by atoms with E-state index in [2.05, 4.69) is 37.3 Å². The molecule has 1 saturated carbocycles. The van der Waals surface area contributed by atoms with E-state index in [1.807, 2.05) is 0 Å². The lowest BCUT2D eigenvalue weighted by Crippen LogP contribution is -2.07. The van der Waals surface area contributed by atoms with Gasteiger partial charge in [0.1, 0.15) is 0 Å². The molecule has 0 saturated heterocycles. The minimum absolute atomic E-state index is 0.347. The number of unbranched alkanes of at least 4 members (excludes halogenated alkanes) is 3. The minimum Gasteiger partial charge on any atom is -0.295 e. The van der Waals surface area contributed by atoms with Crippen molar-refractivity contribution in [1.29, 1.82) is 0 Å². The molecule has 0 atom stereocenters. The fourth-order valence-corrected chi connectivity index (χ4v) is 2.79. The van der Waals surface area contributed by atoms with Crippen LogP contribution < -0.4 is 0 Å². The van der Waals surface area contributed by atoms with E-state index in [9.17, 15) is 4.79 Å². The Bertz CT molecular complexity index is 453. The highest BCUT2D eigenvalue weighted by atomic mass is 16.1. The lowest BCUT2D eigenvalue weighted by Gasteiger charge is -2.12. The van der Waals surface area contributed by atoms with E-state index >= 15 is 0 Å². The Morgan fingerprint density at radius 3 is 2.45 bits per heavy atom. The van der Waals surface area contributed by atoms with Gasteiger partial charge in [-0.2, -0.15) is 0 Å². The molecule has 1 aromatic carbocycles. The molecule has 0 radical (unpaired) electrons. The molecule has 0 aromatic heterocycles. The SMILES string of the molecule is CCCCCCc1ccc(C=C2CCCCC2=O)cc1. The number of carbonyl (C=O) groups is 1. The zero-order chi connectivity index (χ0) is 14.2. The van der Waals surface area contributed by atoms with Gasteiger partial charge in [-0.3, -0.25) is 4.79 Å². The van der Waals surface area contributed by atoms with Gasteiger partial charge in [-0.1, -0.05) is 50.5 Å². The van der Waals surface area contributed by atoms with Crippen LogP contribution in [-0.2, 0) is 11.2 Å². The number of hydrogen-bond acceptors (Lipinski definition) is 1. The van der Waals surface area contributed by atoms with Crippen LogP contribution in [0.5, 0.6) is 0 Å². The third-order valence-electron chi connectivity index (χ3n) is 4.10. The monoisotopic (exact) mass is 270 g/mol. The zero-order valence-corrected chi connectivity index (χ0v) is 12.7. The topological polar surface area (TPSA) is 17.1 Å². The van der Waals surface area contributed by atoms with Gasteiger partial charge in [-0.25, -0.2) is 0 Å². The van der Waals surface area contributed by atoms with Crippen LogP contribution in [0.1, 0.15) is 69.4 Å². The van der Waals surface area contributed by atoms with Crippen LogP contribution in [0.3, 0.4) is 0 Å².